The van der Waals surface area contributed by atoms with Crippen LogP contribution in [0.1, 0.15) is 39.5 Å². The van der Waals surface area contributed by atoms with Crippen LogP contribution < -0.4 is 0 Å². The lowest BCUT2D eigenvalue weighted by molar-refractivity contribution is -0.557. The second-order valence-corrected chi connectivity index (χ2v) is 10.2. The lowest BCUT2D eigenvalue weighted by Gasteiger charge is -2.57. The number of hydrogen-bond acceptors (Lipinski definition) is 7. The Kier molecular flexibility index (Phi) is 5.78. The number of nitrogens with zero attached hydrogens (tertiary/aromatic N) is 2. The number of aliphatic hydroxyl groups is 1. The Morgan fingerprint density at radius 3 is 2.47 bits per heavy atom. The molecule has 182 valence electrons. The van der Waals surface area contributed by atoms with E-state index < -0.39 is 35.5 Å². The highest BCUT2D eigenvalue weighted by molar-refractivity contribution is 5.29. The molecule has 4 saturated heterocycles. The highest BCUT2D eigenvalue weighted by Gasteiger charge is 2.70. The molecule has 0 aromatic heterocycles. The fraction of sp³-hybridized carbons (Fsp3) is 0.909. The Labute approximate surface area is 186 Å². The second-order valence-electron chi connectivity index (χ2n) is 10.2. The maximum absolute atomic E-state index is 14.2. The molecule has 10 heteroatoms. The predicted molar refractivity (Wildman–Crippen MR) is 107 cm³/mol. The molecular weight excluding hydrogens is 429 g/mol. The average molecular weight is 463 g/mol. The van der Waals surface area contributed by atoms with E-state index in [1.165, 1.54) is 0 Å². The van der Waals surface area contributed by atoms with Crippen LogP contribution in [0.5, 0.6) is 0 Å². The third-order valence-electron chi connectivity index (χ3n) is 8.19. The lowest BCUT2D eigenvalue weighted by atomic mass is 9.59. The predicted octanol–water partition coefficient (Wildman–Crippen LogP) is 2.66. The fourth-order valence-electron chi connectivity index (χ4n) is 6.47. The molecule has 1 spiro atoms. The molecule has 0 radical (unpaired) electrons. The van der Waals surface area contributed by atoms with Crippen LogP contribution in [0.25, 0.3) is 0 Å². The molecule has 1 aliphatic carbocycles. The zero-order chi connectivity index (χ0) is 22.7. The van der Waals surface area contributed by atoms with Gasteiger partial charge in [0.15, 0.2) is 5.60 Å². The van der Waals surface area contributed by atoms with E-state index in [-0.39, 0.29) is 30.6 Å². The minimum atomic E-state index is -4.61. The van der Waals surface area contributed by atoms with Crippen molar-refractivity contribution in [2.24, 2.45) is 17.8 Å². The Hall–Kier alpha value is -0.910. The standard InChI is InChI=1S/C22H33F3N2O5/c1-14-3-4-17-15(13-27-9-7-26(8-10-27)11-12-28)18(22(23,24)25)29-19-21(17)16(14)5-6-20(2,30-19)31-32-21/h14,16-17,19,28H,3-13H2,1-2H3/t14-,16?,17+,19-,20+,21?/m1/s1. The first-order chi connectivity index (χ1) is 15.2. The van der Waals surface area contributed by atoms with Crippen LogP contribution in [0.2, 0.25) is 0 Å². The number of alkyl halides is 3. The summed E-state index contributed by atoms with van der Waals surface area (Å²) in [5.41, 5.74) is -0.796. The summed E-state index contributed by atoms with van der Waals surface area (Å²) < 4.78 is 54.4. The number of ether oxygens (including phenoxy) is 2. The van der Waals surface area contributed by atoms with Gasteiger partial charge in [-0.15, -0.1) is 0 Å². The third kappa shape index (κ3) is 3.67. The fourth-order valence-corrected chi connectivity index (χ4v) is 6.47. The first-order valence-corrected chi connectivity index (χ1v) is 11.7. The number of rotatable bonds is 4. The molecule has 2 bridgehead atoms. The van der Waals surface area contributed by atoms with Crippen molar-refractivity contribution in [3.63, 3.8) is 0 Å². The van der Waals surface area contributed by atoms with Crippen LogP contribution in [0.3, 0.4) is 0 Å². The van der Waals surface area contributed by atoms with Gasteiger partial charge < -0.3 is 14.6 Å². The maximum atomic E-state index is 14.2. The monoisotopic (exact) mass is 462 g/mol. The van der Waals surface area contributed by atoms with Gasteiger partial charge in [0.1, 0.15) is 0 Å². The largest absolute Gasteiger partial charge is 0.456 e. The van der Waals surface area contributed by atoms with Gasteiger partial charge in [0.25, 0.3) is 0 Å². The lowest BCUT2D eigenvalue weighted by Crippen LogP contribution is -2.68. The highest BCUT2D eigenvalue weighted by atomic mass is 19.4. The summed E-state index contributed by atoms with van der Waals surface area (Å²) in [6.45, 7) is 7.42. The van der Waals surface area contributed by atoms with Crippen molar-refractivity contribution in [1.82, 2.24) is 9.80 Å². The van der Waals surface area contributed by atoms with Gasteiger partial charge in [-0.25, -0.2) is 9.78 Å². The molecule has 5 aliphatic heterocycles. The smallest absolute Gasteiger partial charge is 0.449 e. The number of allylic oxidation sites excluding steroid dienone is 1. The van der Waals surface area contributed by atoms with Gasteiger partial charge in [0, 0.05) is 57.5 Å². The van der Waals surface area contributed by atoms with E-state index in [0.717, 1.165) is 25.9 Å². The molecule has 1 saturated carbocycles. The summed E-state index contributed by atoms with van der Waals surface area (Å²) in [4.78, 5) is 15.9. The summed E-state index contributed by atoms with van der Waals surface area (Å²) in [5.74, 6) is -2.21. The summed E-state index contributed by atoms with van der Waals surface area (Å²) in [6, 6.07) is 0. The van der Waals surface area contributed by atoms with Crippen LogP contribution in [-0.2, 0) is 19.2 Å². The molecule has 7 nitrogen and oxygen atoms in total. The van der Waals surface area contributed by atoms with E-state index in [1.54, 1.807) is 6.92 Å². The van der Waals surface area contributed by atoms with Crippen molar-refractivity contribution in [2.75, 3.05) is 45.9 Å². The van der Waals surface area contributed by atoms with Crippen LogP contribution in [0.15, 0.2) is 11.3 Å². The quantitative estimate of drug-likeness (QED) is 0.645. The maximum Gasteiger partial charge on any atom is 0.449 e. The molecule has 0 amide bonds. The summed E-state index contributed by atoms with van der Waals surface area (Å²) in [6.07, 6.45) is -3.00. The topological polar surface area (TPSA) is 63.6 Å². The van der Waals surface area contributed by atoms with E-state index >= 15 is 0 Å². The van der Waals surface area contributed by atoms with E-state index in [4.69, 9.17) is 24.4 Å². The van der Waals surface area contributed by atoms with E-state index in [1.807, 2.05) is 4.90 Å². The number of halogens is 3. The number of fused-ring (bicyclic) bond motifs is 2. The Balaban J connectivity index is 1.50. The van der Waals surface area contributed by atoms with Gasteiger partial charge in [0.2, 0.25) is 17.8 Å². The first kappa shape index (κ1) is 22.9. The number of β-amino-alcohol motifs (C(OH)–C–C–N with tert-alkyl or cyclic N) is 1. The van der Waals surface area contributed by atoms with E-state index in [0.29, 0.717) is 32.5 Å². The molecule has 1 N–H and O–H groups in total. The van der Waals surface area contributed by atoms with Gasteiger partial charge in [-0.3, -0.25) is 9.80 Å². The Morgan fingerprint density at radius 1 is 1.06 bits per heavy atom. The van der Waals surface area contributed by atoms with Crippen LogP contribution in [0, 0.1) is 17.8 Å². The molecule has 2 unspecified atom stereocenters. The van der Waals surface area contributed by atoms with Crippen LogP contribution >= 0.6 is 0 Å². The molecule has 0 aromatic rings. The second kappa shape index (κ2) is 8.09. The number of piperazine rings is 1. The normalized spacial score (nSPS) is 43.1. The average Bonchev–Trinajstić information content (AvgIpc) is 2.97. The SMILES string of the molecule is C[C@@H]1CC[C@H]2C(CN3CCN(CCO)CC3)=C(C(F)(F)F)O[C@@H]3O[C@]4(C)CCC1C32OO4. The molecular formula is C22H33F3N2O5. The number of hydrogen-bond donors (Lipinski definition) is 1. The zero-order valence-electron chi connectivity index (χ0n) is 18.7. The van der Waals surface area contributed by atoms with Gasteiger partial charge in [0.05, 0.1) is 6.61 Å². The summed E-state index contributed by atoms with van der Waals surface area (Å²) in [5, 5.41) is 9.16. The Morgan fingerprint density at radius 2 is 1.78 bits per heavy atom. The summed E-state index contributed by atoms with van der Waals surface area (Å²) in [7, 11) is 0. The van der Waals surface area contributed by atoms with Crippen molar-refractivity contribution in [3.05, 3.63) is 11.3 Å². The van der Waals surface area contributed by atoms with Crippen molar-refractivity contribution in [3.8, 4) is 0 Å². The molecule has 5 heterocycles. The molecule has 5 fully saturated rings. The van der Waals surface area contributed by atoms with Crippen molar-refractivity contribution < 1.29 is 37.5 Å². The summed E-state index contributed by atoms with van der Waals surface area (Å²) >= 11 is 0. The molecule has 32 heavy (non-hydrogen) atoms. The highest BCUT2D eigenvalue weighted by Crippen LogP contribution is 2.61. The minimum Gasteiger partial charge on any atom is -0.456 e. The molecule has 6 atom stereocenters. The van der Waals surface area contributed by atoms with Gasteiger partial charge in [-0.2, -0.15) is 13.2 Å². The van der Waals surface area contributed by atoms with Gasteiger partial charge in [-0.05, 0) is 37.7 Å². The van der Waals surface area contributed by atoms with E-state index in [2.05, 4.69) is 11.8 Å². The third-order valence-corrected chi connectivity index (χ3v) is 8.19. The molecule has 6 aliphatic rings. The zero-order valence-corrected chi connectivity index (χ0v) is 18.7. The molecule has 6 rings (SSSR count). The molecule has 0 aromatic carbocycles. The van der Waals surface area contributed by atoms with Crippen LogP contribution in [-0.4, -0.2) is 84.6 Å². The van der Waals surface area contributed by atoms with Crippen LogP contribution in [0.4, 0.5) is 13.2 Å². The van der Waals surface area contributed by atoms with Gasteiger partial charge >= 0.3 is 6.18 Å². The number of aliphatic hydroxyl groups excluding tert-OH is 1. The van der Waals surface area contributed by atoms with E-state index in [9.17, 15) is 13.2 Å². The van der Waals surface area contributed by atoms with Gasteiger partial charge in [-0.1, -0.05) is 6.92 Å². The first-order valence-electron chi connectivity index (χ1n) is 11.7. The van der Waals surface area contributed by atoms with Crippen molar-refractivity contribution in [1.29, 1.82) is 0 Å². The minimum absolute atomic E-state index is 0.00163. The van der Waals surface area contributed by atoms with Crippen molar-refractivity contribution >= 4 is 0 Å². The Bertz CT molecular complexity index is 756. The van der Waals surface area contributed by atoms with Crippen molar-refractivity contribution in [2.45, 2.75) is 63.4 Å².